The molecular weight excluding hydrogens is 532 g/mol. The molecule has 2 fully saturated rings. The van der Waals surface area contributed by atoms with Crippen LogP contribution >= 0.6 is 0 Å². The van der Waals surface area contributed by atoms with Crippen LogP contribution in [-0.4, -0.2) is 109 Å². The van der Waals surface area contributed by atoms with E-state index in [4.69, 9.17) is 35.5 Å². The quantitative estimate of drug-likeness (QED) is 0.111. The fourth-order valence-corrected chi connectivity index (χ4v) is 3.08. The summed E-state index contributed by atoms with van der Waals surface area (Å²) < 4.78 is 9.70. The van der Waals surface area contributed by atoms with Gasteiger partial charge < -0.3 is 44.7 Å². The second-order valence-corrected chi connectivity index (χ2v) is 7.79. The summed E-state index contributed by atoms with van der Waals surface area (Å²) in [7, 11) is 0. The summed E-state index contributed by atoms with van der Waals surface area (Å²) in [6, 6.07) is 1.39. The van der Waals surface area contributed by atoms with Crippen molar-refractivity contribution >= 4 is 5.78 Å². The number of hydrogen-bond donors (Lipinski definition) is 5. The number of hydrogen-bond acceptors (Lipinski definition) is 18. The Morgan fingerprint density at radius 1 is 0.895 bits per heavy atom. The third-order valence-corrected chi connectivity index (χ3v) is 5.28. The van der Waals surface area contributed by atoms with Gasteiger partial charge in [0.15, 0.2) is 12.4 Å². The largest absolute Gasteiger partial charge is 0.394 e. The summed E-state index contributed by atoms with van der Waals surface area (Å²) in [6.07, 6.45) is -11.0. The van der Waals surface area contributed by atoms with Gasteiger partial charge in [-0.15, -0.1) is 30.3 Å². The lowest BCUT2D eigenvalue weighted by Crippen LogP contribution is -2.58. The van der Waals surface area contributed by atoms with E-state index in [1.165, 1.54) is 19.9 Å². The zero-order valence-corrected chi connectivity index (χ0v) is 20.1. The summed E-state index contributed by atoms with van der Waals surface area (Å²) in [4.78, 5) is 53.2. The SMILES string of the molecule is CC(=O)C#N.C[C@@H]1C(CO[N+](=O)[O-])OC(O[N+](=O)[O-])C(O[N+](=O)[O-])[C@H]1C.OCC1OC(O)C(O)[C@@H](O)[C@@H]1O. The van der Waals surface area contributed by atoms with Gasteiger partial charge in [0.25, 0.3) is 15.3 Å². The van der Waals surface area contributed by atoms with Crippen molar-refractivity contribution in [3.05, 3.63) is 30.3 Å². The van der Waals surface area contributed by atoms with E-state index >= 15 is 0 Å². The Balaban J connectivity index is 0.000000673. The average Bonchev–Trinajstić information content (AvgIpc) is 2.83. The molecule has 10 atom stereocenters. The highest BCUT2D eigenvalue weighted by molar-refractivity contribution is 5.90. The van der Waals surface area contributed by atoms with Crippen molar-refractivity contribution in [3.8, 4) is 6.07 Å². The Morgan fingerprint density at radius 2 is 1.42 bits per heavy atom. The maximum atomic E-state index is 10.4. The molecular formula is C17H28N4O17. The van der Waals surface area contributed by atoms with Crippen molar-refractivity contribution in [1.82, 2.24) is 0 Å². The smallest absolute Gasteiger partial charge is 0.297 e. The minimum Gasteiger partial charge on any atom is -0.394 e. The molecule has 0 aromatic carbocycles. The van der Waals surface area contributed by atoms with E-state index in [1.54, 1.807) is 6.92 Å². The van der Waals surface area contributed by atoms with Crippen LogP contribution in [0.25, 0.3) is 0 Å². The molecule has 21 nitrogen and oxygen atoms in total. The average molecular weight is 560 g/mol. The highest BCUT2D eigenvalue weighted by Gasteiger charge is 2.46. The first-order chi connectivity index (χ1) is 17.6. The third kappa shape index (κ3) is 11.3. The molecule has 6 unspecified atom stereocenters. The molecule has 0 spiro atoms. The topological polar surface area (TPSA) is 318 Å². The monoisotopic (exact) mass is 560 g/mol. The van der Waals surface area contributed by atoms with Gasteiger partial charge in [0.1, 0.15) is 37.1 Å². The van der Waals surface area contributed by atoms with Crippen LogP contribution in [0.1, 0.15) is 20.8 Å². The number of ketones is 1. The van der Waals surface area contributed by atoms with Gasteiger partial charge in [-0.2, -0.15) is 5.26 Å². The Kier molecular flexibility index (Phi) is 14.8. The standard InChI is InChI=1S/C8H13N3O10.C6H12O6.C3H3NO/c1-4-5(2)7(20-10(14)15)8(21-11(16)17)19-6(4)3-18-9(12)13;7-1-2-3(8)4(9)5(10)6(11)12-2;1-3(5)2-4/h4-8H,3H2,1-2H3;2-11H,1H2;1H3/t4-,5-,6?,7?,8?;2?,3-,4+,5?,6?;/m01./s1. The van der Waals surface area contributed by atoms with Crippen molar-refractivity contribution in [2.45, 2.75) is 70.0 Å². The van der Waals surface area contributed by atoms with Crippen molar-refractivity contribution in [2.75, 3.05) is 13.2 Å². The lowest BCUT2D eigenvalue weighted by molar-refractivity contribution is -0.815. The first kappa shape index (κ1) is 34.5. The minimum atomic E-state index is -1.68. The second-order valence-electron chi connectivity index (χ2n) is 7.79. The fourth-order valence-electron chi connectivity index (χ4n) is 3.08. The molecule has 0 bridgehead atoms. The number of carbonyl (C=O) groups is 1. The number of nitrogens with zero attached hydrogens (tertiary/aromatic N) is 4. The van der Waals surface area contributed by atoms with Crippen LogP contribution in [-0.2, 0) is 28.8 Å². The Hall–Kier alpha value is -3.52. The van der Waals surface area contributed by atoms with Crippen LogP contribution in [0.2, 0.25) is 0 Å². The van der Waals surface area contributed by atoms with Gasteiger partial charge in [-0.25, -0.2) is 0 Å². The van der Waals surface area contributed by atoms with Gasteiger partial charge in [-0.1, -0.05) is 13.8 Å². The third-order valence-electron chi connectivity index (χ3n) is 5.28. The molecule has 2 heterocycles. The second kappa shape index (κ2) is 16.3. The van der Waals surface area contributed by atoms with E-state index < -0.39 is 95.3 Å². The molecule has 38 heavy (non-hydrogen) atoms. The fraction of sp³-hybridized carbons (Fsp3) is 0.882. The van der Waals surface area contributed by atoms with E-state index in [1.807, 2.05) is 0 Å². The number of nitriles is 1. The lowest BCUT2D eigenvalue weighted by Gasteiger charge is -2.41. The summed E-state index contributed by atoms with van der Waals surface area (Å²) in [6.45, 7) is 3.33. The first-order valence-electron chi connectivity index (χ1n) is 10.5. The zero-order valence-electron chi connectivity index (χ0n) is 20.1. The van der Waals surface area contributed by atoms with Crippen LogP contribution in [0.3, 0.4) is 0 Å². The molecule has 218 valence electrons. The van der Waals surface area contributed by atoms with E-state index in [0.29, 0.717) is 0 Å². The highest BCUT2D eigenvalue weighted by Crippen LogP contribution is 2.33. The van der Waals surface area contributed by atoms with Gasteiger partial charge in [-0.3, -0.25) is 9.63 Å². The van der Waals surface area contributed by atoms with E-state index in [-0.39, 0.29) is 0 Å². The molecule has 21 heteroatoms. The number of ether oxygens (including phenoxy) is 2. The first-order valence-corrected chi connectivity index (χ1v) is 10.5. The molecule has 0 radical (unpaired) electrons. The summed E-state index contributed by atoms with van der Waals surface area (Å²) in [5, 5.41) is 79.9. The van der Waals surface area contributed by atoms with Crippen molar-refractivity contribution < 1.29 is 69.6 Å². The number of Topliss-reactive ketones (excluding diaryl/α,β-unsaturated/α-hetero) is 1. The van der Waals surface area contributed by atoms with Crippen LogP contribution in [0.15, 0.2) is 0 Å². The lowest BCUT2D eigenvalue weighted by atomic mass is 9.84. The predicted molar refractivity (Wildman–Crippen MR) is 112 cm³/mol. The van der Waals surface area contributed by atoms with Gasteiger partial charge in [0.2, 0.25) is 12.1 Å². The number of carbonyl (C=O) groups excluding carboxylic acids is 1. The van der Waals surface area contributed by atoms with Crippen LogP contribution in [0.5, 0.6) is 0 Å². The maximum Gasteiger partial charge on any atom is 0.297 e. The molecule has 0 aromatic rings. The molecule has 0 amide bonds. The molecule has 2 rings (SSSR count). The summed E-state index contributed by atoms with van der Waals surface area (Å²) >= 11 is 0. The number of rotatable bonds is 8. The Labute approximate surface area is 212 Å². The maximum absolute atomic E-state index is 10.4. The minimum absolute atomic E-state index is 0.440. The molecule has 2 aliphatic rings. The van der Waals surface area contributed by atoms with E-state index in [9.17, 15) is 35.1 Å². The molecule has 2 saturated heterocycles. The van der Waals surface area contributed by atoms with Crippen LogP contribution in [0, 0.1) is 53.5 Å². The predicted octanol–water partition coefficient (Wildman–Crippen LogP) is -3.15. The van der Waals surface area contributed by atoms with Crippen molar-refractivity contribution in [2.24, 2.45) is 11.8 Å². The van der Waals surface area contributed by atoms with Crippen LogP contribution < -0.4 is 0 Å². The summed E-state index contributed by atoms with van der Waals surface area (Å²) in [5.41, 5.74) is 0. The molecule has 0 aromatic heterocycles. The molecule has 2 aliphatic heterocycles. The number of aliphatic hydroxyl groups is 5. The highest BCUT2D eigenvalue weighted by atomic mass is 17.0. The van der Waals surface area contributed by atoms with Crippen molar-refractivity contribution in [1.29, 1.82) is 5.26 Å². The van der Waals surface area contributed by atoms with Gasteiger partial charge in [0, 0.05) is 6.92 Å². The van der Waals surface area contributed by atoms with Crippen molar-refractivity contribution in [3.63, 3.8) is 0 Å². The van der Waals surface area contributed by atoms with Gasteiger partial charge in [0.05, 0.1) is 12.7 Å². The van der Waals surface area contributed by atoms with Gasteiger partial charge in [-0.05, 0) is 11.8 Å². The zero-order chi connectivity index (χ0) is 29.7. The van der Waals surface area contributed by atoms with Crippen LogP contribution in [0.4, 0.5) is 0 Å². The normalized spacial score (nSPS) is 34.0. The molecule has 0 saturated carbocycles. The van der Waals surface area contributed by atoms with Gasteiger partial charge >= 0.3 is 0 Å². The number of aliphatic hydroxyl groups excluding tert-OH is 5. The Bertz CT molecular complexity index is 833. The molecule has 0 aliphatic carbocycles. The van der Waals surface area contributed by atoms with E-state index in [0.717, 1.165) is 0 Å². The Morgan fingerprint density at radius 3 is 1.84 bits per heavy atom. The molecule has 5 N–H and O–H groups in total. The van der Waals surface area contributed by atoms with E-state index in [2.05, 4.69) is 19.2 Å². The summed E-state index contributed by atoms with van der Waals surface area (Å²) in [5.74, 6) is -1.50.